The highest BCUT2D eigenvalue weighted by Crippen LogP contribution is 2.27. The number of aryl methyl sites for hydroxylation is 1. The molecule has 24 heavy (non-hydrogen) atoms. The first-order chi connectivity index (χ1) is 11.6. The van der Waals surface area contributed by atoms with Gasteiger partial charge in [0.05, 0.1) is 17.8 Å². The van der Waals surface area contributed by atoms with Crippen LogP contribution in [-0.4, -0.2) is 32.3 Å². The van der Waals surface area contributed by atoms with Gasteiger partial charge in [-0.25, -0.2) is 4.79 Å². The average Bonchev–Trinajstić information content (AvgIpc) is 3.09. The van der Waals surface area contributed by atoms with Crippen molar-refractivity contribution in [3.05, 3.63) is 51.7 Å². The Hall–Kier alpha value is -2.05. The van der Waals surface area contributed by atoms with Gasteiger partial charge < -0.3 is 4.42 Å². The highest BCUT2D eigenvalue weighted by molar-refractivity contribution is 6.31. The quantitative estimate of drug-likeness (QED) is 0.731. The van der Waals surface area contributed by atoms with E-state index < -0.39 is 0 Å². The van der Waals surface area contributed by atoms with Crippen molar-refractivity contribution in [3.8, 4) is 0 Å². The van der Waals surface area contributed by atoms with Crippen molar-refractivity contribution in [2.45, 2.75) is 25.4 Å². The first-order valence-electron chi connectivity index (χ1n) is 8.10. The molecule has 0 unspecified atom stereocenters. The van der Waals surface area contributed by atoms with E-state index in [0.717, 1.165) is 38.0 Å². The summed E-state index contributed by atoms with van der Waals surface area (Å²) < 4.78 is 8.95. The van der Waals surface area contributed by atoms with Crippen LogP contribution in [0.2, 0.25) is 5.02 Å². The molecule has 0 aliphatic carbocycles. The van der Waals surface area contributed by atoms with Gasteiger partial charge in [-0.15, -0.1) is 0 Å². The second-order valence-electron chi connectivity index (χ2n) is 6.40. The molecule has 1 aliphatic rings. The number of hydrogen-bond acceptors (Lipinski definition) is 4. The van der Waals surface area contributed by atoms with Gasteiger partial charge in [0.2, 0.25) is 0 Å². The van der Waals surface area contributed by atoms with E-state index in [9.17, 15) is 4.79 Å². The van der Waals surface area contributed by atoms with Crippen LogP contribution in [0.1, 0.15) is 24.4 Å². The van der Waals surface area contributed by atoms with E-state index in [1.54, 1.807) is 16.7 Å². The Labute approximate surface area is 144 Å². The van der Waals surface area contributed by atoms with Gasteiger partial charge in [0.25, 0.3) is 0 Å². The molecular formula is C17H19ClN4O2. The Kier molecular flexibility index (Phi) is 3.94. The van der Waals surface area contributed by atoms with E-state index in [-0.39, 0.29) is 11.8 Å². The molecule has 1 fully saturated rings. The maximum absolute atomic E-state index is 12.3. The van der Waals surface area contributed by atoms with Crippen LogP contribution in [0.5, 0.6) is 0 Å². The zero-order valence-electron chi connectivity index (χ0n) is 13.5. The Morgan fingerprint density at radius 2 is 2.29 bits per heavy atom. The average molecular weight is 347 g/mol. The van der Waals surface area contributed by atoms with Crippen molar-refractivity contribution >= 4 is 22.7 Å². The molecule has 126 valence electrons. The van der Waals surface area contributed by atoms with Gasteiger partial charge in [-0.2, -0.15) is 5.10 Å². The van der Waals surface area contributed by atoms with E-state index >= 15 is 0 Å². The van der Waals surface area contributed by atoms with Gasteiger partial charge in [0.1, 0.15) is 0 Å². The molecule has 0 saturated carbocycles. The molecule has 6 nitrogen and oxygen atoms in total. The molecule has 0 bridgehead atoms. The first-order valence-corrected chi connectivity index (χ1v) is 8.48. The Bertz CT molecular complexity index is 926. The van der Waals surface area contributed by atoms with Crippen molar-refractivity contribution in [2.24, 2.45) is 7.05 Å². The zero-order chi connectivity index (χ0) is 16.7. The standard InChI is InChI=1S/C17H19ClN4O2/c1-20-9-12(8-19-20)10-21-6-2-3-14(11-21)22-15-7-13(18)4-5-16(15)24-17(22)23/h4-5,7-9,14H,2-3,6,10-11H2,1H3/t14-/m0/s1. The number of halogens is 1. The summed E-state index contributed by atoms with van der Waals surface area (Å²) in [5.41, 5.74) is 2.56. The SMILES string of the molecule is Cn1cc(CN2CCC[C@H](n3c(=O)oc4ccc(Cl)cc43)C2)cn1. The number of oxazole rings is 1. The van der Waals surface area contributed by atoms with Crippen molar-refractivity contribution in [1.82, 2.24) is 19.2 Å². The van der Waals surface area contributed by atoms with Crippen LogP contribution < -0.4 is 5.76 Å². The fraction of sp³-hybridized carbons (Fsp3) is 0.412. The van der Waals surface area contributed by atoms with Crippen LogP contribution >= 0.6 is 11.6 Å². The van der Waals surface area contributed by atoms with E-state index in [0.29, 0.717) is 10.6 Å². The third-order valence-corrected chi connectivity index (χ3v) is 4.82. The predicted molar refractivity (Wildman–Crippen MR) is 92.2 cm³/mol. The first kappa shape index (κ1) is 15.5. The van der Waals surface area contributed by atoms with Gasteiger partial charge in [-0.3, -0.25) is 14.1 Å². The van der Waals surface area contributed by atoms with Crippen LogP contribution in [-0.2, 0) is 13.6 Å². The van der Waals surface area contributed by atoms with E-state index in [1.807, 2.05) is 30.2 Å². The molecule has 0 amide bonds. The number of nitrogens with zero attached hydrogens (tertiary/aromatic N) is 4. The lowest BCUT2D eigenvalue weighted by Gasteiger charge is -2.32. The summed E-state index contributed by atoms with van der Waals surface area (Å²) in [7, 11) is 1.92. The molecule has 0 N–H and O–H groups in total. The van der Waals surface area contributed by atoms with Gasteiger partial charge in [-0.1, -0.05) is 11.6 Å². The predicted octanol–water partition coefficient (Wildman–Crippen LogP) is 2.82. The van der Waals surface area contributed by atoms with Crippen molar-refractivity contribution in [3.63, 3.8) is 0 Å². The van der Waals surface area contributed by atoms with E-state index in [1.165, 1.54) is 5.56 Å². The summed E-state index contributed by atoms with van der Waals surface area (Å²) >= 11 is 6.10. The smallest absolute Gasteiger partial charge is 0.408 e. The number of piperidine rings is 1. The van der Waals surface area contributed by atoms with Crippen LogP contribution in [0.4, 0.5) is 0 Å². The molecule has 1 aromatic carbocycles. The second kappa shape index (κ2) is 6.11. The number of benzene rings is 1. The molecule has 3 aromatic rings. The summed E-state index contributed by atoms with van der Waals surface area (Å²) in [4.78, 5) is 14.7. The molecule has 1 atom stereocenters. The monoisotopic (exact) mass is 346 g/mol. The maximum Gasteiger partial charge on any atom is 0.420 e. The van der Waals surface area contributed by atoms with Gasteiger partial charge in [-0.05, 0) is 37.6 Å². The number of rotatable bonds is 3. The molecule has 2 aromatic heterocycles. The van der Waals surface area contributed by atoms with Crippen LogP contribution in [0.3, 0.4) is 0 Å². The summed E-state index contributed by atoms with van der Waals surface area (Å²) in [5, 5.41) is 4.83. The fourth-order valence-corrected chi connectivity index (χ4v) is 3.72. The second-order valence-corrected chi connectivity index (χ2v) is 6.84. The fourth-order valence-electron chi connectivity index (χ4n) is 3.55. The molecular weight excluding hydrogens is 328 g/mol. The molecule has 3 heterocycles. The minimum atomic E-state index is -0.305. The topological polar surface area (TPSA) is 56.2 Å². The summed E-state index contributed by atoms with van der Waals surface area (Å²) in [6, 6.07) is 5.41. The summed E-state index contributed by atoms with van der Waals surface area (Å²) in [5.74, 6) is -0.305. The summed E-state index contributed by atoms with van der Waals surface area (Å²) in [6.07, 6.45) is 5.93. The van der Waals surface area contributed by atoms with Crippen LogP contribution in [0, 0.1) is 0 Å². The lowest BCUT2D eigenvalue weighted by molar-refractivity contribution is 0.168. The zero-order valence-corrected chi connectivity index (χ0v) is 14.2. The number of likely N-dealkylation sites (tertiary alicyclic amines) is 1. The minimum Gasteiger partial charge on any atom is -0.408 e. The largest absolute Gasteiger partial charge is 0.420 e. The molecule has 1 saturated heterocycles. The molecule has 4 rings (SSSR count). The van der Waals surface area contributed by atoms with Crippen LogP contribution in [0.15, 0.2) is 39.8 Å². The lowest BCUT2D eigenvalue weighted by atomic mass is 10.0. The Balaban J connectivity index is 1.61. The molecule has 0 radical (unpaired) electrons. The summed E-state index contributed by atoms with van der Waals surface area (Å²) in [6.45, 7) is 2.68. The number of aromatic nitrogens is 3. The Morgan fingerprint density at radius 3 is 3.08 bits per heavy atom. The highest BCUT2D eigenvalue weighted by Gasteiger charge is 2.25. The molecule has 7 heteroatoms. The van der Waals surface area contributed by atoms with Gasteiger partial charge in [0.15, 0.2) is 5.58 Å². The highest BCUT2D eigenvalue weighted by atomic mass is 35.5. The minimum absolute atomic E-state index is 0.0997. The van der Waals surface area contributed by atoms with E-state index in [2.05, 4.69) is 10.00 Å². The number of hydrogen-bond donors (Lipinski definition) is 0. The van der Waals surface area contributed by atoms with Crippen molar-refractivity contribution in [2.75, 3.05) is 13.1 Å². The number of fused-ring (bicyclic) bond motifs is 1. The lowest BCUT2D eigenvalue weighted by Crippen LogP contribution is -2.38. The Morgan fingerprint density at radius 1 is 1.42 bits per heavy atom. The van der Waals surface area contributed by atoms with Gasteiger partial charge >= 0.3 is 5.76 Å². The normalized spacial score (nSPS) is 19.2. The van der Waals surface area contributed by atoms with Crippen molar-refractivity contribution < 1.29 is 4.42 Å². The molecule has 0 spiro atoms. The van der Waals surface area contributed by atoms with Crippen LogP contribution in [0.25, 0.3) is 11.1 Å². The maximum atomic E-state index is 12.3. The third kappa shape index (κ3) is 2.87. The van der Waals surface area contributed by atoms with E-state index in [4.69, 9.17) is 16.0 Å². The van der Waals surface area contributed by atoms with Gasteiger partial charge in [0, 0.05) is 36.9 Å². The molecule has 1 aliphatic heterocycles. The van der Waals surface area contributed by atoms with Crippen molar-refractivity contribution in [1.29, 1.82) is 0 Å². The third-order valence-electron chi connectivity index (χ3n) is 4.58.